The van der Waals surface area contributed by atoms with Crippen LogP contribution in [0.15, 0.2) is 36.5 Å². The maximum Gasteiger partial charge on any atom is 0.252 e. The summed E-state index contributed by atoms with van der Waals surface area (Å²) in [6.07, 6.45) is 2.65. The third kappa shape index (κ3) is 4.22. The van der Waals surface area contributed by atoms with E-state index in [9.17, 15) is 4.79 Å². The second-order valence-corrected chi connectivity index (χ2v) is 7.70. The molecule has 0 saturated heterocycles. The van der Waals surface area contributed by atoms with Gasteiger partial charge in [-0.25, -0.2) is 9.67 Å². The second kappa shape index (κ2) is 8.52. The minimum Gasteiger partial charge on any atom is -0.352 e. The molecule has 0 aliphatic carbocycles. The Hall–Kier alpha value is -2.73. The van der Waals surface area contributed by atoms with E-state index >= 15 is 0 Å². The van der Waals surface area contributed by atoms with Crippen LogP contribution >= 0.6 is 0 Å². The summed E-state index contributed by atoms with van der Waals surface area (Å²) in [4.78, 5) is 19.9. The molecule has 6 nitrogen and oxygen atoms in total. The second-order valence-electron chi connectivity index (χ2n) is 7.70. The van der Waals surface area contributed by atoms with E-state index in [1.54, 1.807) is 6.20 Å². The number of rotatable bonds is 7. The number of carbonyl (C=O) groups is 1. The van der Waals surface area contributed by atoms with Crippen molar-refractivity contribution in [2.45, 2.75) is 33.2 Å². The molecule has 0 atom stereocenters. The van der Waals surface area contributed by atoms with Gasteiger partial charge in [-0.2, -0.15) is 5.10 Å². The average molecular weight is 380 g/mol. The molecule has 0 spiro atoms. The van der Waals surface area contributed by atoms with Crippen molar-refractivity contribution < 1.29 is 4.79 Å². The van der Waals surface area contributed by atoms with Crippen LogP contribution in [0.25, 0.3) is 22.3 Å². The maximum atomic E-state index is 13.0. The molecule has 3 aromatic rings. The molecule has 1 amide bonds. The number of pyridine rings is 1. The predicted octanol–water partition coefficient (Wildman–Crippen LogP) is 3.67. The summed E-state index contributed by atoms with van der Waals surface area (Å²) in [6, 6.07) is 10.1. The summed E-state index contributed by atoms with van der Waals surface area (Å²) >= 11 is 0. The lowest BCUT2D eigenvalue weighted by Crippen LogP contribution is -2.27. The number of amides is 1. The molecule has 0 bridgehead atoms. The normalized spacial score (nSPS) is 11.5. The Bertz CT molecular complexity index is 974. The maximum absolute atomic E-state index is 13.0. The van der Waals surface area contributed by atoms with Crippen molar-refractivity contribution in [2.75, 3.05) is 27.2 Å². The number of aromatic nitrogens is 3. The lowest BCUT2D eigenvalue weighted by Gasteiger charge is -2.13. The van der Waals surface area contributed by atoms with Gasteiger partial charge in [0.2, 0.25) is 0 Å². The molecular formula is C22H29N5O. The van der Waals surface area contributed by atoms with Gasteiger partial charge in [0.15, 0.2) is 5.65 Å². The van der Waals surface area contributed by atoms with E-state index in [-0.39, 0.29) is 11.9 Å². The van der Waals surface area contributed by atoms with Crippen molar-refractivity contribution >= 4 is 16.9 Å². The van der Waals surface area contributed by atoms with Gasteiger partial charge in [-0.15, -0.1) is 0 Å². The lowest BCUT2D eigenvalue weighted by molar-refractivity contribution is 0.0954. The van der Waals surface area contributed by atoms with Crippen molar-refractivity contribution in [3.05, 3.63) is 47.7 Å². The highest BCUT2D eigenvalue weighted by atomic mass is 16.1. The predicted molar refractivity (Wildman–Crippen MR) is 114 cm³/mol. The molecule has 0 radical (unpaired) electrons. The molecule has 0 fully saturated rings. The van der Waals surface area contributed by atoms with Gasteiger partial charge < -0.3 is 10.2 Å². The molecule has 2 heterocycles. The average Bonchev–Trinajstić information content (AvgIpc) is 3.08. The smallest absolute Gasteiger partial charge is 0.252 e. The van der Waals surface area contributed by atoms with Crippen LogP contribution in [-0.2, 0) is 0 Å². The first-order valence-corrected chi connectivity index (χ1v) is 9.75. The molecule has 6 heteroatoms. The van der Waals surface area contributed by atoms with Gasteiger partial charge in [0.25, 0.3) is 5.91 Å². The SMILES string of the molecule is Cc1ccccc1-c1cc(C(=O)NCCCN(C)C)c2cnn(C(C)C)c2n1. The lowest BCUT2D eigenvalue weighted by atomic mass is 10.0. The Morgan fingerprint density at radius 3 is 2.68 bits per heavy atom. The number of benzene rings is 1. The van der Waals surface area contributed by atoms with E-state index in [0.717, 1.165) is 40.8 Å². The Kier molecular flexibility index (Phi) is 6.09. The molecule has 0 unspecified atom stereocenters. The first-order chi connectivity index (χ1) is 13.4. The number of hydrogen-bond acceptors (Lipinski definition) is 4. The minimum atomic E-state index is -0.0794. The van der Waals surface area contributed by atoms with E-state index in [1.165, 1.54) is 0 Å². The Morgan fingerprint density at radius 2 is 2.00 bits per heavy atom. The van der Waals surface area contributed by atoms with Gasteiger partial charge in [0.05, 0.1) is 22.8 Å². The fourth-order valence-corrected chi connectivity index (χ4v) is 3.27. The first kappa shape index (κ1) is 20.0. The highest BCUT2D eigenvalue weighted by Gasteiger charge is 2.18. The summed E-state index contributed by atoms with van der Waals surface area (Å²) in [7, 11) is 4.06. The van der Waals surface area contributed by atoms with Gasteiger partial charge in [0, 0.05) is 18.2 Å². The molecular weight excluding hydrogens is 350 g/mol. The molecule has 148 valence electrons. The summed E-state index contributed by atoms with van der Waals surface area (Å²) in [5, 5.41) is 8.32. The molecule has 0 aliphatic rings. The topological polar surface area (TPSA) is 63.1 Å². The van der Waals surface area contributed by atoms with Crippen molar-refractivity contribution in [2.24, 2.45) is 0 Å². The van der Waals surface area contributed by atoms with Gasteiger partial charge in [-0.1, -0.05) is 24.3 Å². The highest BCUT2D eigenvalue weighted by Crippen LogP contribution is 2.28. The fourth-order valence-electron chi connectivity index (χ4n) is 3.27. The van der Waals surface area contributed by atoms with Crippen molar-refractivity contribution in [1.29, 1.82) is 0 Å². The summed E-state index contributed by atoms with van der Waals surface area (Å²) in [5.41, 5.74) is 4.32. The number of nitrogens with one attached hydrogen (secondary N) is 1. The highest BCUT2D eigenvalue weighted by molar-refractivity contribution is 6.06. The molecule has 3 rings (SSSR count). The molecule has 0 saturated carbocycles. The van der Waals surface area contributed by atoms with Crippen LogP contribution in [-0.4, -0.2) is 52.8 Å². The van der Waals surface area contributed by atoms with Crippen LogP contribution in [0.5, 0.6) is 0 Å². The number of fused-ring (bicyclic) bond motifs is 1. The molecule has 0 aliphatic heterocycles. The van der Waals surface area contributed by atoms with Crippen molar-refractivity contribution in [1.82, 2.24) is 25.0 Å². The van der Waals surface area contributed by atoms with E-state index in [2.05, 4.69) is 42.2 Å². The van der Waals surface area contributed by atoms with Crippen LogP contribution in [0.3, 0.4) is 0 Å². The van der Waals surface area contributed by atoms with Gasteiger partial charge in [-0.05, 0) is 59.5 Å². The standard InChI is InChI=1S/C22H29N5O/c1-15(2)27-21-19(14-24-27)18(22(28)23-11-8-12-26(4)5)13-20(25-21)17-10-7-6-9-16(17)3/h6-7,9-10,13-15H,8,11-12H2,1-5H3,(H,23,28). The van der Waals surface area contributed by atoms with Crippen LogP contribution < -0.4 is 5.32 Å². The first-order valence-electron chi connectivity index (χ1n) is 9.75. The van der Waals surface area contributed by atoms with Gasteiger partial charge in [-0.3, -0.25) is 4.79 Å². The summed E-state index contributed by atoms with van der Waals surface area (Å²) < 4.78 is 1.87. The number of carbonyl (C=O) groups excluding carboxylic acids is 1. The van der Waals surface area contributed by atoms with Crippen LogP contribution in [0.1, 0.15) is 42.2 Å². The zero-order chi connectivity index (χ0) is 20.3. The van der Waals surface area contributed by atoms with Crippen LogP contribution in [0, 0.1) is 6.92 Å². The zero-order valence-corrected chi connectivity index (χ0v) is 17.4. The third-order valence-electron chi connectivity index (χ3n) is 4.79. The van der Waals surface area contributed by atoms with E-state index < -0.39 is 0 Å². The number of nitrogens with zero attached hydrogens (tertiary/aromatic N) is 4. The van der Waals surface area contributed by atoms with E-state index in [0.29, 0.717) is 12.1 Å². The van der Waals surface area contributed by atoms with Crippen LogP contribution in [0.2, 0.25) is 0 Å². The van der Waals surface area contributed by atoms with E-state index in [4.69, 9.17) is 4.98 Å². The fraction of sp³-hybridized carbons (Fsp3) is 0.409. The molecule has 28 heavy (non-hydrogen) atoms. The van der Waals surface area contributed by atoms with Crippen LogP contribution in [0.4, 0.5) is 0 Å². The minimum absolute atomic E-state index is 0.0794. The van der Waals surface area contributed by atoms with E-state index in [1.807, 2.05) is 43.0 Å². The zero-order valence-electron chi connectivity index (χ0n) is 17.4. The van der Waals surface area contributed by atoms with Gasteiger partial charge in [0.1, 0.15) is 0 Å². The largest absolute Gasteiger partial charge is 0.352 e. The summed E-state index contributed by atoms with van der Waals surface area (Å²) in [5.74, 6) is -0.0794. The van der Waals surface area contributed by atoms with Crippen molar-refractivity contribution in [3.8, 4) is 11.3 Å². The number of hydrogen-bond donors (Lipinski definition) is 1. The Balaban J connectivity index is 2.03. The Labute approximate surface area is 166 Å². The van der Waals surface area contributed by atoms with Gasteiger partial charge >= 0.3 is 0 Å². The third-order valence-corrected chi connectivity index (χ3v) is 4.79. The molecule has 1 N–H and O–H groups in total. The molecule has 1 aromatic carbocycles. The molecule has 2 aromatic heterocycles. The Morgan fingerprint density at radius 1 is 1.25 bits per heavy atom. The number of aryl methyl sites for hydroxylation is 1. The quantitative estimate of drug-likeness (QED) is 0.636. The monoisotopic (exact) mass is 379 g/mol. The summed E-state index contributed by atoms with van der Waals surface area (Å²) in [6.45, 7) is 7.76. The van der Waals surface area contributed by atoms with Crippen molar-refractivity contribution in [3.63, 3.8) is 0 Å².